The Morgan fingerprint density at radius 1 is 0.540 bits per heavy atom. The molecule has 364 valence electrons. The Morgan fingerprint density at radius 3 is 1.52 bits per heavy atom. The molecular formula is C51H88O12. The molecule has 6 unspecified atom stereocenters. The molecule has 0 radical (unpaired) electrons. The fourth-order valence-electron chi connectivity index (χ4n) is 7.38. The molecule has 0 saturated carbocycles. The van der Waals surface area contributed by atoms with Crippen LogP contribution in [0, 0.1) is 0 Å². The Kier molecular flexibility index (Phi) is 37.2. The summed E-state index contributed by atoms with van der Waals surface area (Å²) in [5.74, 6) is -3.15. The zero-order valence-corrected chi connectivity index (χ0v) is 39.6. The molecule has 12 nitrogen and oxygen atoms in total. The Balaban J connectivity index is 2.76. The Labute approximate surface area is 381 Å². The first kappa shape index (κ1) is 58.0. The van der Waals surface area contributed by atoms with Crippen LogP contribution in [0.25, 0.3) is 0 Å². The summed E-state index contributed by atoms with van der Waals surface area (Å²) < 4.78 is 28.2. The molecule has 0 aromatic heterocycles. The van der Waals surface area contributed by atoms with Gasteiger partial charge in [-0.05, 0) is 51.4 Å². The summed E-state index contributed by atoms with van der Waals surface area (Å²) in [6.45, 7) is 5.78. The van der Waals surface area contributed by atoms with Crippen LogP contribution in [0.1, 0.15) is 213 Å². The average molecular weight is 893 g/mol. The average Bonchev–Trinajstić information content (AvgIpc) is 3.26. The maximum Gasteiger partial charge on any atom is 0.335 e. The SMILES string of the molecule is CC/C=C\C/C=C\C/C=C\CCCCCC(=O)OCC(COC1OC(C(=O)O)C(O)C(O)C1OC(=O)CCCCCCCCCCCCC)OC(=O)CCCCCCCCCCC. The first-order valence-corrected chi connectivity index (χ1v) is 25.0. The van der Waals surface area contributed by atoms with Gasteiger partial charge >= 0.3 is 23.9 Å². The standard InChI is InChI=1S/C51H88O12/c1-4-7-10-13-16-19-21-22-24-26-28-31-34-37-43(52)59-40-42(61-44(53)38-35-32-29-25-18-15-12-9-6-3)41-60-51-49(47(56)46(55)48(63-51)50(57)58)62-45(54)39-36-33-30-27-23-20-17-14-11-8-5-2/h7,10,16,19,22,24,42,46-49,51,55-56H,4-6,8-9,11-15,17-18,20-21,23,25-41H2,1-3H3,(H,57,58)/b10-7-,19-16-,24-22-. The number of ether oxygens (including phenoxy) is 5. The van der Waals surface area contributed by atoms with Crippen LogP contribution in [-0.2, 0) is 42.9 Å². The first-order chi connectivity index (χ1) is 30.6. The minimum atomic E-state index is -1.90. The quantitative estimate of drug-likeness (QED) is 0.0230. The van der Waals surface area contributed by atoms with Gasteiger partial charge in [0.05, 0.1) is 6.61 Å². The molecule has 63 heavy (non-hydrogen) atoms. The molecule has 1 aliphatic heterocycles. The Bertz CT molecular complexity index is 1250. The van der Waals surface area contributed by atoms with Crippen LogP contribution in [0.4, 0.5) is 0 Å². The Hall–Kier alpha value is -3.06. The van der Waals surface area contributed by atoms with Crippen LogP contribution in [0.5, 0.6) is 0 Å². The molecule has 1 fully saturated rings. The molecule has 1 aliphatic rings. The van der Waals surface area contributed by atoms with Gasteiger partial charge in [-0.15, -0.1) is 0 Å². The molecule has 0 aliphatic carbocycles. The number of aliphatic hydroxyl groups is 2. The zero-order valence-electron chi connectivity index (χ0n) is 39.6. The number of carboxylic acid groups (broad SMARTS) is 1. The fraction of sp³-hybridized carbons (Fsp3) is 0.804. The number of carbonyl (C=O) groups excluding carboxylic acids is 3. The zero-order chi connectivity index (χ0) is 46.2. The highest BCUT2D eigenvalue weighted by molar-refractivity contribution is 5.74. The van der Waals surface area contributed by atoms with E-state index < -0.39 is 67.3 Å². The van der Waals surface area contributed by atoms with Gasteiger partial charge in [-0.1, -0.05) is 179 Å². The predicted octanol–water partition coefficient (Wildman–Crippen LogP) is 11.3. The minimum Gasteiger partial charge on any atom is -0.479 e. The van der Waals surface area contributed by atoms with Crippen LogP contribution in [0.3, 0.4) is 0 Å². The lowest BCUT2D eigenvalue weighted by Crippen LogP contribution is -2.61. The van der Waals surface area contributed by atoms with Crippen LogP contribution >= 0.6 is 0 Å². The van der Waals surface area contributed by atoms with E-state index in [2.05, 4.69) is 57.2 Å². The van der Waals surface area contributed by atoms with Crippen molar-refractivity contribution in [2.24, 2.45) is 0 Å². The van der Waals surface area contributed by atoms with E-state index in [1.165, 1.54) is 70.6 Å². The number of allylic oxidation sites excluding steroid dienone is 6. The molecule has 12 heteroatoms. The Morgan fingerprint density at radius 2 is 1.00 bits per heavy atom. The summed E-state index contributed by atoms with van der Waals surface area (Å²) in [6, 6.07) is 0. The van der Waals surface area contributed by atoms with Crippen molar-refractivity contribution in [3.8, 4) is 0 Å². The van der Waals surface area contributed by atoms with E-state index in [1.54, 1.807) is 0 Å². The van der Waals surface area contributed by atoms with Crippen molar-refractivity contribution in [3.63, 3.8) is 0 Å². The van der Waals surface area contributed by atoms with Crippen LogP contribution < -0.4 is 0 Å². The van der Waals surface area contributed by atoms with E-state index in [9.17, 15) is 34.5 Å². The van der Waals surface area contributed by atoms with Gasteiger partial charge in [0.25, 0.3) is 0 Å². The molecule has 1 rings (SSSR count). The van der Waals surface area contributed by atoms with Crippen LogP contribution in [-0.4, -0.2) is 89.2 Å². The van der Waals surface area contributed by atoms with Crippen molar-refractivity contribution in [1.82, 2.24) is 0 Å². The second-order valence-corrected chi connectivity index (χ2v) is 17.1. The number of unbranched alkanes of at least 4 members (excludes halogenated alkanes) is 21. The van der Waals surface area contributed by atoms with E-state index in [0.29, 0.717) is 19.3 Å². The summed E-state index contributed by atoms with van der Waals surface area (Å²) in [6.07, 6.45) is 31.6. The third-order valence-electron chi connectivity index (χ3n) is 11.2. The third-order valence-corrected chi connectivity index (χ3v) is 11.2. The summed E-state index contributed by atoms with van der Waals surface area (Å²) >= 11 is 0. The number of carbonyl (C=O) groups is 4. The maximum atomic E-state index is 13.0. The fourth-order valence-corrected chi connectivity index (χ4v) is 7.38. The topological polar surface area (TPSA) is 175 Å². The van der Waals surface area contributed by atoms with Gasteiger partial charge in [0.1, 0.15) is 18.8 Å². The second-order valence-electron chi connectivity index (χ2n) is 17.1. The normalized spacial score (nSPS) is 19.5. The number of esters is 3. The van der Waals surface area contributed by atoms with Crippen molar-refractivity contribution in [2.45, 2.75) is 250 Å². The lowest BCUT2D eigenvalue weighted by Gasteiger charge is -2.40. The van der Waals surface area contributed by atoms with Crippen molar-refractivity contribution in [3.05, 3.63) is 36.5 Å². The molecule has 0 aromatic rings. The number of hydrogen-bond acceptors (Lipinski definition) is 11. The van der Waals surface area contributed by atoms with Crippen LogP contribution in [0.2, 0.25) is 0 Å². The van der Waals surface area contributed by atoms with Crippen LogP contribution in [0.15, 0.2) is 36.5 Å². The smallest absolute Gasteiger partial charge is 0.335 e. The molecule has 0 amide bonds. The highest BCUT2D eigenvalue weighted by Gasteiger charge is 2.50. The molecule has 0 bridgehead atoms. The molecular weight excluding hydrogens is 805 g/mol. The van der Waals surface area contributed by atoms with Gasteiger partial charge < -0.3 is 39.0 Å². The molecule has 1 saturated heterocycles. The third kappa shape index (κ3) is 31.5. The minimum absolute atomic E-state index is 0.0617. The second kappa shape index (κ2) is 40.4. The van der Waals surface area contributed by atoms with Crippen molar-refractivity contribution >= 4 is 23.9 Å². The number of rotatable bonds is 41. The summed E-state index contributed by atoms with van der Waals surface area (Å²) in [5.41, 5.74) is 0. The van der Waals surface area contributed by atoms with E-state index in [4.69, 9.17) is 23.7 Å². The first-order valence-electron chi connectivity index (χ1n) is 25.0. The van der Waals surface area contributed by atoms with E-state index in [-0.39, 0.29) is 25.9 Å². The van der Waals surface area contributed by atoms with Crippen molar-refractivity contribution in [2.75, 3.05) is 13.2 Å². The van der Waals surface area contributed by atoms with Gasteiger partial charge in [-0.25, -0.2) is 4.79 Å². The molecule has 1 heterocycles. The highest BCUT2D eigenvalue weighted by Crippen LogP contribution is 2.26. The number of aliphatic hydroxyl groups excluding tert-OH is 2. The van der Waals surface area contributed by atoms with Gasteiger partial charge in [0, 0.05) is 19.3 Å². The van der Waals surface area contributed by atoms with Crippen molar-refractivity contribution in [1.29, 1.82) is 0 Å². The molecule has 0 aromatic carbocycles. The van der Waals surface area contributed by atoms with Gasteiger partial charge in [0.15, 0.2) is 24.6 Å². The summed E-state index contributed by atoms with van der Waals surface area (Å²) in [4.78, 5) is 50.6. The van der Waals surface area contributed by atoms with E-state index in [1.807, 2.05) is 0 Å². The number of hydrogen-bond donors (Lipinski definition) is 3. The maximum absolute atomic E-state index is 13.0. The van der Waals surface area contributed by atoms with Gasteiger partial charge in [-0.2, -0.15) is 0 Å². The largest absolute Gasteiger partial charge is 0.479 e. The monoisotopic (exact) mass is 893 g/mol. The lowest BCUT2D eigenvalue weighted by molar-refractivity contribution is -0.301. The molecule has 6 atom stereocenters. The van der Waals surface area contributed by atoms with E-state index >= 15 is 0 Å². The molecule has 3 N–H and O–H groups in total. The number of aliphatic carboxylic acids is 1. The summed E-state index contributed by atoms with van der Waals surface area (Å²) in [5, 5.41) is 31.2. The van der Waals surface area contributed by atoms with E-state index in [0.717, 1.165) is 83.5 Å². The lowest BCUT2D eigenvalue weighted by atomic mass is 9.98. The predicted molar refractivity (Wildman–Crippen MR) is 248 cm³/mol. The molecule has 0 spiro atoms. The van der Waals surface area contributed by atoms with Gasteiger partial charge in [0.2, 0.25) is 0 Å². The number of carboxylic acids is 1. The summed E-state index contributed by atoms with van der Waals surface area (Å²) in [7, 11) is 0. The van der Waals surface area contributed by atoms with Gasteiger partial charge in [-0.3, -0.25) is 14.4 Å². The highest BCUT2D eigenvalue weighted by atomic mass is 16.7. The van der Waals surface area contributed by atoms with Crippen molar-refractivity contribution < 1.29 is 58.2 Å².